The smallest absolute Gasteiger partial charge is 0.322 e. The first-order valence-electron chi connectivity index (χ1n) is 2.68. The van der Waals surface area contributed by atoms with Gasteiger partial charge in [0.05, 0.1) is 0 Å². The van der Waals surface area contributed by atoms with Gasteiger partial charge in [-0.05, 0) is 6.08 Å². The fraction of sp³-hybridized carbons (Fsp3) is 0.400. The molecule has 0 saturated carbocycles. The van der Waals surface area contributed by atoms with Crippen molar-refractivity contribution in [1.82, 2.24) is 10.2 Å². The lowest BCUT2D eigenvalue weighted by Crippen LogP contribution is -2.43. The number of nitrogens with one attached hydrogen (secondary N) is 1. The first-order valence-corrected chi connectivity index (χ1v) is 2.68. The standard InChI is InChI=1S/C5H9N3O/c1-8-3-2-4(6)7-5(8)9/h2H,3,6H2,1H3,(H,7,9). The van der Waals surface area contributed by atoms with Crippen LogP contribution in [0, 0.1) is 0 Å². The third kappa shape index (κ3) is 1.13. The van der Waals surface area contributed by atoms with Gasteiger partial charge in [0.1, 0.15) is 5.82 Å². The van der Waals surface area contributed by atoms with Gasteiger partial charge in [-0.15, -0.1) is 0 Å². The molecule has 9 heavy (non-hydrogen) atoms. The maximum Gasteiger partial charge on any atom is 0.322 e. The fourth-order valence-corrected chi connectivity index (χ4v) is 0.588. The van der Waals surface area contributed by atoms with Gasteiger partial charge in [0.15, 0.2) is 0 Å². The van der Waals surface area contributed by atoms with Crippen LogP contribution in [0.3, 0.4) is 0 Å². The average Bonchev–Trinajstić information content (AvgIpc) is 1.80. The second kappa shape index (κ2) is 1.97. The van der Waals surface area contributed by atoms with E-state index in [4.69, 9.17) is 5.73 Å². The molecule has 0 aromatic heterocycles. The van der Waals surface area contributed by atoms with Crippen LogP contribution in [0.4, 0.5) is 4.79 Å². The van der Waals surface area contributed by atoms with E-state index in [1.165, 1.54) is 4.90 Å². The van der Waals surface area contributed by atoms with E-state index in [2.05, 4.69) is 5.32 Å². The Hall–Kier alpha value is -1.19. The summed E-state index contributed by atoms with van der Waals surface area (Å²) in [5.41, 5.74) is 5.29. The van der Waals surface area contributed by atoms with Crippen molar-refractivity contribution in [3.8, 4) is 0 Å². The molecule has 1 aliphatic heterocycles. The second-order valence-corrected chi connectivity index (χ2v) is 1.97. The summed E-state index contributed by atoms with van der Waals surface area (Å²) in [6.07, 6.45) is 1.75. The van der Waals surface area contributed by atoms with Gasteiger partial charge in [0.25, 0.3) is 0 Å². The Morgan fingerprint density at radius 3 is 3.00 bits per heavy atom. The first kappa shape index (κ1) is 5.94. The number of likely N-dealkylation sites (N-methyl/N-ethyl adjacent to an activating group) is 1. The van der Waals surface area contributed by atoms with E-state index in [0.29, 0.717) is 12.4 Å². The maximum atomic E-state index is 10.7. The molecule has 0 spiro atoms. The highest BCUT2D eigenvalue weighted by atomic mass is 16.2. The molecule has 0 unspecified atom stereocenters. The minimum absolute atomic E-state index is 0.144. The lowest BCUT2D eigenvalue weighted by Gasteiger charge is -2.20. The van der Waals surface area contributed by atoms with Crippen LogP contribution in [0.15, 0.2) is 11.9 Å². The zero-order valence-corrected chi connectivity index (χ0v) is 5.22. The minimum Gasteiger partial charge on any atom is -0.385 e. The Morgan fingerprint density at radius 2 is 2.56 bits per heavy atom. The van der Waals surface area contributed by atoms with Gasteiger partial charge >= 0.3 is 6.03 Å². The number of hydrogen-bond donors (Lipinski definition) is 2. The Kier molecular flexibility index (Phi) is 1.30. The lowest BCUT2D eigenvalue weighted by molar-refractivity contribution is 0.213. The van der Waals surface area contributed by atoms with Crippen molar-refractivity contribution in [3.05, 3.63) is 11.9 Å². The maximum absolute atomic E-state index is 10.7. The molecule has 0 aliphatic carbocycles. The second-order valence-electron chi connectivity index (χ2n) is 1.97. The van der Waals surface area contributed by atoms with Gasteiger partial charge in [-0.2, -0.15) is 0 Å². The Balaban J connectivity index is 2.65. The van der Waals surface area contributed by atoms with Gasteiger partial charge in [-0.1, -0.05) is 0 Å². The quantitative estimate of drug-likeness (QED) is 0.458. The SMILES string of the molecule is CN1CC=C(N)NC1=O. The minimum atomic E-state index is -0.144. The number of rotatable bonds is 0. The number of carbonyl (C=O) groups is 1. The lowest BCUT2D eigenvalue weighted by atomic mass is 10.4. The van der Waals surface area contributed by atoms with Crippen LogP contribution in [0.1, 0.15) is 0 Å². The van der Waals surface area contributed by atoms with Gasteiger partial charge < -0.3 is 10.6 Å². The van der Waals surface area contributed by atoms with Crippen molar-refractivity contribution in [2.45, 2.75) is 0 Å². The molecule has 4 nitrogen and oxygen atoms in total. The summed E-state index contributed by atoms with van der Waals surface area (Å²) in [5, 5.41) is 2.45. The van der Waals surface area contributed by atoms with Crippen molar-refractivity contribution in [2.24, 2.45) is 5.73 Å². The van der Waals surface area contributed by atoms with Crippen LogP contribution in [0.2, 0.25) is 0 Å². The molecule has 0 saturated heterocycles. The molecule has 1 heterocycles. The molecule has 1 aliphatic rings. The summed E-state index contributed by atoms with van der Waals surface area (Å²) in [4.78, 5) is 12.2. The van der Waals surface area contributed by atoms with E-state index in [9.17, 15) is 4.79 Å². The predicted octanol–water partition coefficient (Wildman–Crippen LogP) is -0.558. The number of urea groups is 1. The molecular weight excluding hydrogens is 118 g/mol. The molecular formula is C5H9N3O. The molecule has 50 valence electrons. The number of nitrogens with zero attached hydrogens (tertiary/aromatic N) is 1. The zero-order chi connectivity index (χ0) is 6.85. The van der Waals surface area contributed by atoms with Crippen LogP contribution in [-0.4, -0.2) is 24.5 Å². The van der Waals surface area contributed by atoms with E-state index in [1.54, 1.807) is 13.1 Å². The molecule has 0 aromatic carbocycles. The van der Waals surface area contributed by atoms with Gasteiger partial charge in [-0.25, -0.2) is 4.79 Å². The average molecular weight is 127 g/mol. The highest BCUT2D eigenvalue weighted by Crippen LogP contribution is 1.93. The molecule has 0 atom stereocenters. The number of amides is 2. The molecule has 4 heteroatoms. The molecule has 0 radical (unpaired) electrons. The Morgan fingerprint density at radius 1 is 1.89 bits per heavy atom. The summed E-state index contributed by atoms with van der Waals surface area (Å²) in [5.74, 6) is 0.443. The van der Waals surface area contributed by atoms with Gasteiger partial charge in [0.2, 0.25) is 0 Å². The van der Waals surface area contributed by atoms with Crippen molar-refractivity contribution >= 4 is 6.03 Å². The number of nitrogens with two attached hydrogens (primary N) is 1. The summed E-state index contributed by atoms with van der Waals surface area (Å²) in [7, 11) is 1.71. The van der Waals surface area contributed by atoms with Crippen LogP contribution >= 0.6 is 0 Å². The van der Waals surface area contributed by atoms with Crippen molar-refractivity contribution in [1.29, 1.82) is 0 Å². The molecule has 3 N–H and O–H groups in total. The molecule has 0 aromatic rings. The number of carbonyl (C=O) groups excluding carboxylic acids is 1. The van der Waals surface area contributed by atoms with Crippen molar-refractivity contribution in [2.75, 3.05) is 13.6 Å². The van der Waals surface area contributed by atoms with Crippen molar-refractivity contribution in [3.63, 3.8) is 0 Å². The molecule has 2 amide bonds. The van der Waals surface area contributed by atoms with E-state index in [0.717, 1.165) is 0 Å². The van der Waals surface area contributed by atoms with Gasteiger partial charge in [-0.3, -0.25) is 5.32 Å². The predicted molar refractivity (Wildman–Crippen MR) is 33.4 cm³/mol. The molecule has 0 fully saturated rings. The highest BCUT2D eigenvalue weighted by Gasteiger charge is 2.11. The van der Waals surface area contributed by atoms with E-state index in [1.807, 2.05) is 0 Å². The fourth-order valence-electron chi connectivity index (χ4n) is 0.588. The van der Waals surface area contributed by atoms with Gasteiger partial charge in [0, 0.05) is 13.6 Å². The normalized spacial score (nSPS) is 19.0. The summed E-state index contributed by atoms with van der Waals surface area (Å²) >= 11 is 0. The van der Waals surface area contributed by atoms with Crippen LogP contribution in [0.5, 0.6) is 0 Å². The molecule has 0 bridgehead atoms. The van der Waals surface area contributed by atoms with Crippen molar-refractivity contribution < 1.29 is 4.79 Å². The topological polar surface area (TPSA) is 58.4 Å². The monoisotopic (exact) mass is 127 g/mol. The highest BCUT2D eigenvalue weighted by molar-refractivity contribution is 5.76. The number of hydrogen-bond acceptors (Lipinski definition) is 2. The third-order valence-corrected chi connectivity index (χ3v) is 1.18. The van der Waals surface area contributed by atoms with Crippen LogP contribution < -0.4 is 11.1 Å². The summed E-state index contributed by atoms with van der Waals surface area (Å²) in [6.45, 7) is 0.595. The summed E-state index contributed by atoms with van der Waals surface area (Å²) < 4.78 is 0. The van der Waals surface area contributed by atoms with E-state index < -0.39 is 0 Å². The van der Waals surface area contributed by atoms with E-state index >= 15 is 0 Å². The first-order chi connectivity index (χ1) is 4.20. The Bertz CT molecular complexity index is 164. The summed E-state index contributed by atoms with van der Waals surface area (Å²) in [6, 6.07) is -0.144. The van der Waals surface area contributed by atoms with Crippen LogP contribution in [-0.2, 0) is 0 Å². The molecule has 1 rings (SSSR count). The largest absolute Gasteiger partial charge is 0.385 e. The third-order valence-electron chi connectivity index (χ3n) is 1.18. The van der Waals surface area contributed by atoms with E-state index in [-0.39, 0.29) is 6.03 Å². The van der Waals surface area contributed by atoms with Crippen LogP contribution in [0.25, 0.3) is 0 Å². The Labute approximate surface area is 53.3 Å². The zero-order valence-electron chi connectivity index (χ0n) is 5.22.